The highest BCUT2D eigenvalue weighted by molar-refractivity contribution is 8.13. The van der Waals surface area contributed by atoms with Gasteiger partial charge in [-0.05, 0) is 43.2 Å². The summed E-state index contributed by atoms with van der Waals surface area (Å²) in [6.45, 7) is 2.63. The van der Waals surface area contributed by atoms with Crippen molar-refractivity contribution in [2.24, 2.45) is 4.99 Å². The molecule has 2 aromatic carbocycles. The SMILES string of the molecule is COC(=O)C1=C(C)N=C2SCCCN2[C@@H]1c1ccc(NC(=O)Nc2c(Cl)cccc2Cl)cc1. The maximum absolute atomic E-state index is 12.6. The number of hydrogen-bond donors (Lipinski definition) is 2. The van der Waals surface area contributed by atoms with Gasteiger partial charge in [-0.25, -0.2) is 14.6 Å². The number of nitrogens with zero attached hydrogens (tertiary/aromatic N) is 2. The van der Waals surface area contributed by atoms with Gasteiger partial charge in [0, 0.05) is 18.0 Å². The Kier molecular flexibility index (Phi) is 7.17. The fraction of sp³-hybridized carbons (Fsp3) is 0.261. The number of methoxy groups -OCH3 is 1. The largest absolute Gasteiger partial charge is 0.466 e. The number of amidine groups is 1. The molecule has 2 heterocycles. The molecule has 0 aliphatic carbocycles. The topological polar surface area (TPSA) is 83.0 Å². The van der Waals surface area contributed by atoms with Crippen LogP contribution in [0.3, 0.4) is 0 Å². The Bertz CT molecular complexity index is 1130. The lowest BCUT2D eigenvalue weighted by Crippen LogP contribution is -2.42. The number of hydrogen-bond acceptors (Lipinski definition) is 6. The number of carbonyl (C=O) groups is 2. The maximum Gasteiger partial charge on any atom is 0.338 e. The molecule has 33 heavy (non-hydrogen) atoms. The van der Waals surface area contributed by atoms with Crippen molar-refractivity contribution in [3.05, 3.63) is 69.3 Å². The van der Waals surface area contributed by atoms with Crippen LogP contribution in [0.25, 0.3) is 0 Å². The molecule has 2 aliphatic rings. The third-order valence-corrected chi connectivity index (χ3v) is 7.06. The van der Waals surface area contributed by atoms with Crippen molar-refractivity contribution in [1.82, 2.24) is 4.90 Å². The first-order chi connectivity index (χ1) is 15.9. The third kappa shape index (κ3) is 4.98. The van der Waals surface area contributed by atoms with Crippen LogP contribution in [0.15, 0.2) is 58.7 Å². The number of amides is 2. The van der Waals surface area contributed by atoms with Gasteiger partial charge >= 0.3 is 12.0 Å². The van der Waals surface area contributed by atoms with Gasteiger partial charge in [-0.15, -0.1) is 0 Å². The number of anilines is 2. The van der Waals surface area contributed by atoms with Crippen LogP contribution in [0.1, 0.15) is 24.9 Å². The highest BCUT2D eigenvalue weighted by atomic mass is 35.5. The Morgan fingerprint density at radius 1 is 1.12 bits per heavy atom. The van der Waals surface area contributed by atoms with Gasteiger partial charge < -0.3 is 20.3 Å². The first kappa shape index (κ1) is 23.5. The molecule has 1 saturated heterocycles. The number of halogens is 2. The van der Waals surface area contributed by atoms with E-state index in [-0.39, 0.29) is 6.04 Å². The van der Waals surface area contributed by atoms with Gasteiger partial charge in [-0.3, -0.25) is 0 Å². The Hall–Kier alpha value is -2.68. The van der Waals surface area contributed by atoms with Crippen LogP contribution in [0.2, 0.25) is 10.0 Å². The second kappa shape index (κ2) is 10.1. The minimum Gasteiger partial charge on any atom is -0.466 e. The monoisotopic (exact) mass is 504 g/mol. The van der Waals surface area contributed by atoms with E-state index in [2.05, 4.69) is 20.5 Å². The van der Waals surface area contributed by atoms with Crippen molar-refractivity contribution in [3.63, 3.8) is 0 Å². The molecule has 0 saturated carbocycles. The quantitative estimate of drug-likeness (QED) is 0.503. The zero-order chi connectivity index (χ0) is 23.5. The number of esters is 1. The maximum atomic E-state index is 12.6. The molecule has 0 radical (unpaired) electrons. The van der Waals surface area contributed by atoms with Crippen LogP contribution in [-0.4, -0.2) is 41.5 Å². The second-order valence-corrected chi connectivity index (χ2v) is 9.36. The molecular weight excluding hydrogens is 483 g/mol. The van der Waals surface area contributed by atoms with E-state index in [1.807, 2.05) is 19.1 Å². The summed E-state index contributed by atoms with van der Waals surface area (Å²) in [5, 5.41) is 7.05. The average Bonchev–Trinajstić information content (AvgIpc) is 2.81. The molecular formula is C23H22Cl2N4O3S. The number of benzene rings is 2. The van der Waals surface area contributed by atoms with Gasteiger partial charge in [-0.1, -0.05) is 53.2 Å². The van der Waals surface area contributed by atoms with Crippen molar-refractivity contribution in [2.75, 3.05) is 30.0 Å². The highest BCUT2D eigenvalue weighted by Crippen LogP contribution is 2.40. The van der Waals surface area contributed by atoms with Crippen LogP contribution in [0.4, 0.5) is 16.2 Å². The molecule has 2 aromatic rings. The summed E-state index contributed by atoms with van der Waals surface area (Å²) in [4.78, 5) is 31.8. The number of carbonyl (C=O) groups excluding carboxylic acids is 2. The lowest BCUT2D eigenvalue weighted by atomic mass is 9.94. The summed E-state index contributed by atoms with van der Waals surface area (Å²) in [5.74, 6) is 0.602. The summed E-state index contributed by atoms with van der Waals surface area (Å²) < 4.78 is 5.06. The van der Waals surface area contributed by atoms with Gasteiger partial charge in [0.05, 0.1) is 40.2 Å². The van der Waals surface area contributed by atoms with Crippen molar-refractivity contribution >= 4 is 63.5 Å². The highest BCUT2D eigenvalue weighted by Gasteiger charge is 2.37. The lowest BCUT2D eigenvalue weighted by molar-refractivity contribution is -0.136. The van der Waals surface area contributed by atoms with Gasteiger partial charge in [0.1, 0.15) is 0 Å². The lowest BCUT2D eigenvalue weighted by Gasteiger charge is -2.40. The third-order valence-electron chi connectivity index (χ3n) is 5.35. The van der Waals surface area contributed by atoms with E-state index in [0.717, 1.165) is 29.4 Å². The van der Waals surface area contributed by atoms with Crippen molar-refractivity contribution in [3.8, 4) is 0 Å². The van der Waals surface area contributed by atoms with Crippen molar-refractivity contribution in [1.29, 1.82) is 0 Å². The summed E-state index contributed by atoms with van der Waals surface area (Å²) in [7, 11) is 1.38. The van der Waals surface area contributed by atoms with E-state index >= 15 is 0 Å². The van der Waals surface area contributed by atoms with E-state index in [9.17, 15) is 9.59 Å². The molecule has 172 valence electrons. The molecule has 1 fully saturated rings. The molecule has 0 unspecified atom stereocenters. The fourth-order valence-corrected chi connectivity index (χ4v) is 5.34. The summed E-state index contributed by atoms with van der Waals surface area (Å²) in [5.41, 5.74) is 3.01. The van der Waals surface area contributed by atoms with Crippen LogP contribution >= 0.6 is 35.0 Å². The number of para-hydroxylation sites is 1. The van der Waals surface area contributed by atoms with Crippen molar-refractivity contribution in [2.45, 2.75) is 19.4 Å². The number of ether oxygens (including phenoxy) is 1. The van der Waals surface area contributed by atoms with E-state index in [1.165, 1.54) is 7.11 Å². The number of thioether (sulfide) groups is 1. The van der Waals surface area contributed by atoms with E-state index < -0.39 is 12.0 Å². The summed E-state index contributed by atoms with van der Waals surface area (Å²) in [6.07, 6.45) is 0.998. The zero-order valence-corrected chi connectivity index (χ0v) is 20.4. The standard InChI is InChI=1S/C23H22Cl2N4O3S/c1-13-18(21(30)32-2)20(29-11-4-12-33-23(29)26-13)14-7-9-15(10-8-14)27-22(31)28-19-16(24)5-3-6-17(19)25/h3,5-10,20H,4,11-12H2,1-2H3,(H2,27,28,31)/t20-/m1/s1. The first-order valence-corrected chi connectivity index (χ1v) is 12.0. The molecule has 1 atom stereocenters. The Morgan fingerprint density at radius 3 is 2.48 bits per heavy atom. The number of aliphatic imine (C=N–C) groups is 1. The first-order valence-electron chi connectivity index (χ1n) is 10.3. The normalized spacial score (nSPS) is 17.8. The number of rotatable bonds is 4. The second-order valence-electron chi connectivity index (χ2n) is 7.48. The number of nitrogens with one attached hydrogen (secondary N) is 2. The number of allylic oxidation sites excluding steroid dienone is 1. The average molecular weight is 505 g/mol. The summed E-state index contributed by atoms with van der Waals surface area (Å²) in [6, 6.07) is 11.6. The molecule has 4 rings (SSSR count). The van der Waals surface area contributed by atoms with E-state index in [0.29, 0.717) is 32.7 Å². The molecule has 2 aliphatic heterocycles. The van der Waals surface area contributed by atoms with Gasteiger partial charge in [0.2, 0.25) is 0 Å². The smallest absolute Gasteiger partial charge is 0.338 e. The van der Waals surface area contributed by atoms with Crippen LogP contribution in [-0.2, 0) is 9.53 Å². The molecule has 0 aromatic heterocycles. The number of urea groups is 1. The van der Waals surface area contributed by atoms with Crippen LogP contribution in [0.5, 0.6) is 0 Å². The van der Waals surface area contributed by atoms with Crippen LogP contribution in [0, 0.1) is 0 Å². The zero-order valence-electron chi connectivity index (χ0n) is 18.0. The summed E-state index contributed by atoms with van der Waals surface area (Å²) >= 11 is 13.9. The fourth-order valence-electron chi connectivity index (χ4n) is 3.83. The van der Waals surface area contributed by atoms with Gasteiger partial charge in [0.25, 0.3) is 0 Å². The molecule has 2 amide bonds. The molecule has 0 bridgehead atoms. The van der Waals surface area contributed by atoms with E-state index in [1.54, 1.807) is 42.1 Å². The Balaban J connectivity index is 1.55. The van der Waals surface area contributed by atoms with Gasteiger partial charge in [0.15, 0.2) is 5.17 Å². The molecule has 7 nitrogen and oxygen atoms in total. The minimum absolute atomic E-state index is 0.303. The Labute approximate surface area is 206 Å². The predicted molar refractivity (Wildman–Crippen MR) is 134 cm³/mol. The Morgan fingerprint density at radius 2 is 1.82 bits per heavy atom. The van der Waals surface area contributed by atoms with Crippen molar-refractivity contribution < 1.29 is 14.3 Å². The molecule has 10 heteroatoms. The van der Waals surface area contributed by atoms with Gasteiger partial charge in [-0.2, -0.15) is 0 Å². The molecule has 0 spiro atoms. The minimum atomic E-state index is -0.469. The predicted octanol–water partition coefficient (Wildman–Crippen LogP) is 5.93. The van der Waals surface area contributed by atoms with Crippen LogP contribution < -0.4 is 10.6 Å². The number of fused-ring (bicyclic) bond motifs is 1. The van der Waals surface area contributed by atoms with E-state index in [4.69, 9.17) is 27.9 Å². The molecule has 2 N–H and O–H groups in total.